The molecule has 146 valence electrons. The van der Waals surface area contributed by atoms with E-state index in [1.807, 2.05) is 12.1 Å². The largest absolute Gasteiger partial charge is 0.499 e. The van der Waals surface area contributed by atoms with Crippen LogP contribution in [0.4, 0.5) is 0 Å². The number of carbonyl (C=O) groups excluding carboxylic acids is 2. The number of aldehydes is 1. The van der Waals surface area contributed by atoms with Gasteiger partial charge >= 0.3 is 0 Å². The van der Waals surface area contributed by atoms with Crippen molar-refractivity contribution in [1.29, 1.82) is 0 Å². The maximum atomic E-state index is 12.5. The molecular formula is C23H18O4S2. The zero-order chi connectivity index (χ0) is 20.6. The molecule has 29 heavy (non-hydrogen) atoms. The monoisotopic (exact) mass is 422 g/mol. The standard InChI is InChI=1S/C23H18O4S2/c24-15-16-9-5-7-12-19(16)28-21(25)14-4-2-1-3-11-18-22(26)17-10-6-8-13-20(17)29-23(18)27/h1-3,5-13,15,27H,4,14H2. The third kappa shape index (κ3) is 5.31. The fourth-order valence-electron chi connectivity index (χ4n) is 2.66. The summed E-state index contributed by atoms with van der Waals surface area (Å²) in [6, 6.07) is 14.2. The van der Waals surface area contributed by atoms with Crippen LogP contribution in [0.1, 0.15) is 28.8 Å². The van der Waals surface area contributed by atoms with Gasteiger partial charge in [0.15, 0.2) is 21.9 Å². The minimum Gasteiger partial charge on any atom is -0.499 e. The van der Waals surface area contributed by atoms with Crippen molar-refractivity contribution in [3.8, 4) is 5.06 Å². The molecule has 3 aromatic rings. The maximum Gasteiger partial charge on any atom is 0.199 e. The molecule has 1 heterocycles. The predicted molar refractivity (Wildman–Crippen MR) is 120 cm³/mol. The van der Waals surface area contributed by atoms with Crippen LogP contribution in [0, 0.1) is 0 Å². The molecule has 6 heteroatoms. The topological polar surface area (TPSA) is 71.4 Å². The minimum absolute atomic E-state index is 0.0150. The molecule has 0 amide bonds. The first-order valence-corrected chi connectivity index (χ1v) is 10.6. The van der Waals surface area contributed by atoms with Gasteiger partial charge in [-0.1, -0.05) is 71.7 Å². The summed E-state index contributed by atoms with van der Waals surface area (Å²) in [4.78, 5) is 36.2. The lowest BCUT2D eigenvalue weighted by molar-refractivity contribution is -0.110. The van der Waals surface area contributed by atoms with Crippen LogP contribution in [-0.2, 0) is 4.79 Å². The van der Waals surface area contributed by atoms with Crippen molar-refractivity contribution in [2.24, 2.45) is 0 Å². The average Bonchev–Trinajstić information content (AvgIpc) is 2.73. The van der Waals surface area contributed by atoms with E-state index in [0.29, 0.717) is 28.7 Å². The summed E-state index contributed by atoms with van der Waals surface area (Å²) in [5.74, 6) is 0. The summed E-state index contributed by atoms with van der Waals surface area (Å²) >= 11 is 2.23. The van der Waals surface area contributed by atoms with E-state index in [-0.39, 0.29) is 21.2 Å². The Morgan fingerprint density at radius 3 is 2.66 bits per heavy atom. The summed E-state index contributed by atoms with van der Waals surface area (Å²) < 4.78 is 0.745. The number of hydrogen-bond donors (Lipinski definition) is 1. The summed E-state index contributed by atoms with van der Waals surface area (Å²) in [6.07, 6.45) is 8.44. The third-order valence-electron chi connectivity index (χ3n) is 4.11. The molecule has 4 nitrogen and oxygen atoms in total. The van der Waals surface area contributed by atoms with Crippen LogP contribution in [0.5, 0.6) is 5.06 Å². The third-order valence-corrected chi connectivity index (χ3v) is 6.12. The Kier molecular flexibility index (Phi) is 7.16. The van der Waals surface area contributed by atoms with E-state index in [1.54, 1.807) is 60.7 Å². The smallest absolute Gasteiger partial charge is 0.199 e. The molecule has 0 spiro atoms. The number of hydrogen-bond acceptors (Lipinski definition) is 6. The lowest BCUT2D eigenvalue weighted by atomic mass is 10.2. The molecule has 0 fully saturated rings. The van der Waals surface area contributed by atoms with E-state index in [2.05, 4.69) is 0 Å². The fourth-order valence-corrected chi connectivity index (χ4v) is 4.41. The van der Waals surface area contributed by atoms with Crippen LogP contribution in [0.3, 0.4) is 0 Å². The molecule has 0 bridgehead atoms. The van der Waals surface area contributed by atoms with E-state index in [0.717, 1.165) is 22.7 Å². The molecule has 0 aliphatic carbocycles. The minimum atomic E-state index is -0.207. The Bertz CT molecular complexity index is 1160. The second kappa shape index (κ2) is 10.0. The van der Waals surface area contributed by atoms with Gasteiger partial charge in [-0.15, -0.1) is 0 Å². The van der Waals surface area contributed by atoms with E-state index in [1.165, 1.54) is 11.3 Å². The second-order valence-electron chi connectivity index (χ2n) is 6.10. The molecule has 0 radical (unpaired) electrons. The first-order valence-electron chi connectivity index (χ1n) is 8.93. The summed E-state index contributed by atoms with van der Waals surface area (Å²) in [7, 11) is 0. The molecule has 1 N–H and O–H groups in total. The van der Waals surface area contributed by atoms with Crippen molar-refractivity contribution in [1.82, 2.24) is 0 Å². The van der Waals surface area contributed by atoms with Crippen molar-refractivity contribution in [2.45, 2.75) is 17.7 Å². The SMILES string of the molecule is O=Cc1ccccc1SC(=O)CCC=CC=Cc1c(O)sc2ccccc2c1=O. The van der Waals surface area contributed by atoms with Gasteiger partial charge in [0, 0.05) is 27.0 Å². The molecule has 0 atom stereocenters. The van der Waals surface area contributed by atoms with Crippen molar-refractivity contribution >= 4 is 50.7 Å². The Balaban J connectivity index is 1.57. The Hall–Kier alpha value is -2.96. The van der Waals surface area contributed by atoms with Gasteiger partial charge in [-0.25, -0.2) is 0 Å². The van der Waals surface area contributed by atoms with E-state index in [9.17, 15) is 19.5 Å². The van der Waals surface area contributed by atoms with Gasteiger partial charge in [-0.3, -0.25) is 14.4 Å². The van der Waals surface area contributed by atoms with Crippen LogP contribution < -0.4 is 5.43 Å². The highest BCUT2D eigenvalue weighted by atomic mass is 32.2. The van der Waals surface area contributed by atoms with Gasteiger partial charge in [-0.2, -0.15) is 0 Å². The molecule has 2 aromatic carbocycles. The molecule has 0 unspecified atom stereocenters. The Morgan fingerprint density at radius 2 is 1.83 bits per heavy atom. The summed E-state index contributed by atoms with van der Waals surface area (Å²) in [5, 5.41) is 10.7. The molecule has 0 aliphatic heterocycles. The average molecular weight is 423 g/mol. The summed E-state index contributed by atoms with van der Waals surface area (Å²) in [6.45, 7) is 0. The van der Waals surface area contributed by atoms with Crippen LogP contribution in [0.25, 0.3) is 16.2 Å². The van der Waals surface area contributed by atoms with Gasteiger partial charge < -0.3 is 5.11 Å². The molecule has 0 saturated heterocycles. The second-order valence-corrected chi connectivity index (χ2v) is 8.23. The highest BCUT2D eigenvalue weighted by Gasteiger charge is 2.09. The lowest BCUT2D eigenvalue weighted by Crippen LogP contribution is -2.03. The number of carbonyl (C=O) groups is 2. The number of benzene rings is 2. The van der Waals surface area contributed by atoms with E-state index >= 15 is 0 Å². The van der Waals surface area contributed by atoms with Crippen LogP contribution in [-0.4, -0.2) is 16.5 Å². The van der Waals surface area contributed by atoms with Gasteiger partial charge in [0.25, 0.3) is 0 Å². The zero-order valence-corrected chi connectivity index (χ0v) is 17.0. The van der Waals surface area contributed by atoms with E-state index in [4.69, 9.17) is 0 Å². The van der Waals surface area contributed by atoms with Gasteiger partial charge in [0.05, 0.1) is 5.56 Å². The number of allylic oxidation sites excluding steroid dienone is 3. The van der Waals surface area contributed by atoms with Gasteiger partial charge in [0.1, 0.15) is 0 Å². The highest BCUT2D eigenvalue weighted by Crippen LogP contribution is 2.28. The van der Waals surface area contributed by atoms with Crippen LogP contribution in [0.2, 0.25) is 0 Å². The Labute approximate surface area is 176 Å². The summed E-state index contributed by atoms with van der Waals surface area (Å²) in [5.41, 5.74) is 0.561. The zero-order valence-electron chi connectivity index (χ0n) is 15.4. The quantitative estimate of drug-likeness (QED) is 0.311. The first kappa shape index (κ1) is 20.8. The van der Waals surface area contributed by atoms with Crippen LogP contribution in [0.15, 0.2) is 76.4 Å². The number of rotatable bonds is 7. The predicted octanol–water partition coefficient (Wildman–Crippen LogP) is 5.45. The Morgan fingerprint density at radius 1 is 1.07 bits per heavy atom. The van der Waals surface area contributed by atoms with Gasteiger partial charge in [0.2, 0.25) is 0 Å². The fraction of sp³-hybridized carbons (Fsp3) is 0.0870. The highest BCUT2D eigenvalue weighted by molar-refractivity contribution is 8.13. The lowest BCUT2D eigenvalue weighted by Gasteiger charge is -2.02. The number of aromatic hydroxyl groups is 1. The maximum absolute atomic E-state index is 12.5. The van der Waals surface area contributed by atoms with Gasteiger partial charge in [-0.05, 0) is 30.7 Å². The molecule has 0 aliphatic rings. The number of thioether (sulfide) groups is 1. The van der Waals surface area contributed by atoms with Crippen molar-refractivity contribution < 1.29 is 14.7 Å². The number of fused-ring (bicyclic) bond motifs is 1. The normalized spacial score (nSPS) is 11.4. The van der Waals surface area contributed by atoms with Crippen molar-refractivity contribution in [3.05, 3.63) is 88.1 Å². The van der Waals surface area contributed by atoms with Crippen molar-refractivity contribution in [3.63, 3.8) is 0 Å². The molecule has 3 rings (SSSR count). The van der Waals surface area contributed by atoms with Crippen molar-refractivity contribution in [2.75, 3.05) is 0 Å². The molecular weight excluding hydrogens is 404 g/mol. The molecule has 0 saturated carbocycles. The molecule has 1 aromatic heterocycles. The first-order chi connectivity index (χ1) is 14.1. The van der Waals surface area contributed by atoms with E-state index < -0.39 is 0 Å². The van der Waals surface area contributed by atoms with Crippen LogP contribution >= 0.6 is 23.1 Å².